The number of hydrogen-bond donors (Lipinski definition) is 2. The highest BCUT2D eigenvalue weighted by Gasteiger charge is 2.24. The molecule has 156 valence electrons. The molecule has 0 spiro atoms. The highest BCUT2D eigenvalue weighted by atomic mass is 35.5. The first kappa shape index (κ1) is 20.5. The van der Waals surface area contributed by atoms with Gasteiger partial charge in [-0.2, -0.15) is 0 Å². The van der Waals surface area contributed by atoms with Crippen molar-refractivity contribution < 1.29 is 18.0 Å². The molecule has 4 rings (SSSR count). The molecule has 4 aromatic rings. The van der Waals surface area contributed by atoms with Gasteiger partial charge >= 0.3 is 6.03 Å². The van der Waals surface area contributed by atoms with Crippen LogP contribution in [-0.4, -0.2) is 16.2 Å². The summed E-state index contributed by atoms with van der Waals surface area (Å²) in [6.45, 7) is 0. The molecule has 0 aliphatic carbocycles. The largest absolute Gasteiger partial charge is 0.418 e. The summed E-state index contributed by atoms with van der Waals surface area (Å²) in [5.74, 6) is -1.26. The Morgan fingerprint density at radius 1 is 0.968 bits per heavy atom. The average molecular weight is 441 g/mol. The molecule has 3 aromatic carbocycles. The van der Waals surface area contributed by atoms with Crippen LogP contribution in [0.3, 0.4) is 0 Å². The predicted molar refractivity (Wildman–Crippen MR) is 112 cm³/mol. The Kier molecular flexibility index (Phi) is 5.90. The topological polar surface area (TPSA) is 80.0 Å². The van der Waals surface area contributed by atoms with E-state index in [-0.39, 0.29) is 17.5 Å². The number of urea groups is 1. The second-order valence-corrected chi connectivity index (χ2v) is 6.96. The predicted octanol–water partition coefficient (Wildman–Crippen LogP) is 5.58. The van der Waals surface area contributed by atoms with Crippen LogP contribution in [0.15, 0.2) is 77.2 Å². The van der Waals surface area contributed by atoms with Crippen molar-refractivity contribution in [1.29, 1.82) is 0 Å². The van der Waals surface area contributed by atoms with Crippen LogP contribution in [0, 0.1) is 11.6 Å². The van der Waals surface area contributed by atoms with E-state index in [9.17, 15) is 13.6 Å². The molecular formula is C22H15ClF2N4O2. The fourth-order valence-electron chi connectivity index (χ4n) is 2.87. The maximum atomic E-state index is 13.9. The average Bonchev–Trinajstić information content (AvgIpc) is 3.25. The van der Waals surface area contributed by atoms with E-state index >= 15 is 0 Å². The van der Waals surface area contributed by atoms with Gasteiger partial charge in [-0.15, -0.1) is 10.2 Å². The van der Waals surface area contributed by atoms with Crippen molar-refractivity contribution in [1.82, 2.24) is 15.5 Å². The van der Waals surface area contributed by atoms with Crippen molar-refractivity contribution in [3.63, 3.8) is 0 Å². The Balaban J connectivity index is 1.59. The molecule has 1 atom stereocenters. The minimum Gasteiger partial charge on any atom is -0.418 e. The lowest BCUT2D eigenvalue weighted by Gasteiger charge is -2.16. The molecule has 0 saturated carbocycles. The molecule has 6 nitrogen and oxygen atoms in total. The molecule has 0 fully saturated rings. The fraction of sp³-hybridized carbons (Fsp3) is 0.0455. The summed E-state index contributed by atoms with van der Waals surface area (Å²) in [6.07, 6.45) is 0. The standard InChI is InChI=1S/C22H15ClF2N4O2/c23-15-8-6-14(7-9-15)20-28-29-21(31-20)19(13-4-2-1-3-5-13)27-22(30)26-18-11-10-16(24)12-17(18)25/h1-12,19H,(H2,26,27,30). The molecule has 2 N–H and O–H groups in total. The summed E-state index contributed by atoms with van der Waals surface area (Å²) in [5, 5.41) is 13.7. The number of carbonyl (C=O) groups excluding carboxylic acids is 1. The van der Waals surface area contributed by atoms with Gasteiger partial charge in [-0.05, 0) is 42.0 Å². The lowest BCUT2D eigenvalue weighted by molar-refractivity contribution is 0.248. The third-order valence-electron chi connectivity index (χ3n) is 4.37. The van der Waals surface area contributed by atoms with E-state index < -0.39 is 23.7 Å². The van der Waals surface area contributed by atoms with E-state index in [0.29, 0.717) is 22.2 Å². The molecule has 9 heteroatoms. The molecular weight excluding hydrogens is 426 g/mol. The summed E-state index contributed by atoms with van der Waals surface area (Å²) in [6, 6.07) is 17.1. The molecule has 1 unspecified atom stereocenters. The normalized spacial score (nSPS) is 11.7. The summed E-state index contributed by atoms with van der Waals surface area (Å²) in [5.41, 5.74) is 1.16. The van der Waals surface area contributed by atoms with E-state index in [2.05, 4.69) is 20.8 Å². The third kappa shape index (κ3) is 4.87. The van der Waals surface area contributed by atoms with Crippen molar-refractivity contribution in [2.24, 2.45) is 0 Å². The van der Waals surface area contributed by atoms with Crippen LogP contribution in [0.25, 0.3) is 11.5 Å². The highest BCUT2D eigenvalue weighted by Crippen LogP contribution is 2.26. The zero-order valence-corrected chi connectivity index (χ0v) is 16.6. The van der Waals surface area contributed by atoms with E-state index in [1.165, 1.54) is 0 Å². The number of hydrogen-bond acceptors (Lipinski definition) is 4. The minimum absolute atomic E-state index is 0.130. The Hall–Kier alpha value is -3.78. The molecule has 1 aromatic heterocycles. The number of anilines is 1. The smallest absolute Gasteiger partial charge is 0.320 e. The highest BCUT2D eigenvalue weighted by molar-refractivity contribution is 6.30. The maximum absolute atomic E-state index is 13.9. The summed E-state index contributed by atoms with van der Waals surface area (Å²) >= 11 is 5.91. The van der Waals surface area contributed by atoms with Gasteiger partial charge in [0, 0.05) is 16.7 Å². The van der Waals surface area contributed by atoms with Crippen LogP contribution < -0.4 is 10.6 Å². The summed E-state index contributed by atoms with van der Waals surface area (Å²) < 4.78 is 32.8. The summed E-state index contributed by atoms with van der Waals surface area (Å²) in [4.78, 5) is 12.5. The quantitative estimate of drug-likeness (QED) is 0.424. The number of benzene rings is 3. The Bertz CT molecular complexity index is 1200. The van der Waals surface area contributed by atoms with Gasteiger partial charge in [-0.25, -0.2) is 13.6 Å². The van der Waals surface area contributed by atoms with Crippen LogP contribution >= 0.6 is 11.6 Å². The zero-order valence-electron chi connectivity index (χ0n) is 15.9. The zero-order chi connectivity index (χ0) is 21.8. The molecule has 2 amide bonds. The number of halogens is 3. The molecule has 0 radical (unpaired) electrons. The number of aromatic nitrogens is 2. The van der Waals surface area contributed by atoms with E-state index in [0.717, 1.165) is 12.1 Å². The molecule has 1 heterocycles. The monoisotopic (exact) mass is 440 g/mol. The van der Waals surface area contributed by atoms with Crippen LogP contribution in [0.5, 0.6) is 0 Å². The van der Waals surface area contributed by atoms with Gasteiger partial charge in [-0.3, -0.25) is 0 Å². The molecule has 31 heavy (non-hydrogen) atoms. The van der Waals surface area contributed by atoms with Gasteiger partial charge in [0.2, 0.25) is 11.8 Å². The van der Waals surface area contributed by atoms with Crippen LogP contribution in [0.1, 0.15) is 17.5 Å². The maximum Gasteiger partial charge on any atom is 0.320 e. The number of nitrogens with zero attached hydrogens (tertiary/aromatic N) is 2. The van der Waals surface area contributed by atoms with E-state index in [4.69, 9.17) is 16.0 Å². The van der Waals surface area contributed by atoms with Crippen LogP contribution in [0.4, 0.5) is 19.3 Å². The lowest BCUT2D eigenvalue weighted by Crippen LogP contribution is -2.33. The Labute approximate surface area is 180 Å². The van der Waals surface area contributed by atoms with Gasteiger partial charge in [0.15, 0.2) is 0 Å². The van der Waals surface area contributed by atoms with Gasteiger partial charge in [0.25, 0.3) is 0 Å². The Morgan fingerprint density at radius 3 is 2.42 bits per heavy atom. The number of amides is 2. The van der Waals surface area contributed by atoms with Crippen molar-refractivity contribution in [2.75, 3.05) is 5.32 Å². The lowest BCUT2D eigenvalue weighted by atomic mass is 10.1. The fourth-order valence-corrected chi connectivity index (χ4v) is 3.00. The van der Waals surface area contributed by atoms with Gasteiger partial charge in [0.05, 0.1) is 5.69 Å². The first-order chi connectivity index (χ1) is 15.0. The van der Waals surface area contributed by atoms with Crippen LogP contribution in [0.2, 0.25) is 5.02 Å². The minimum atomic E-state index is -0.894. The first-order valence-corrected chi connectivity index (χ1v) is 9.54. The second kappa shape index (κ2) is 8.93. The Morgan fingerprint density at radius 2 is 1.71 bits per heavy atom. The van der Waals surface area contributed by atoms with Crippen LogP contribution in [-0.2, 0) is 0 Å². The second-order valence-electron chi connectivity index (χ2n) is 6.52. The van der Waals surface area contributed by atoms with E-state index in [1.54, 1.807) is 48.5 Å². The number of rotatable bonds is 5. The van der Waals surface area contributed by atoms with Gasteiger partial charge in [0.1, 0.15) is 17.7 Å². The van der Waals surface area contributed by atoms with Crippen molar-refractivity contribution in [2.45, 2.75) is 6.04 Å². The van der Waals surface area contributed by atoms with Gasteiger partial charge in [-0.1, -0.05) is 41.9 Å². The van der Waals surface area contributed by atoms with Crippen molar-refractivity contribution in [3.8, 4) is 11.5 Å². The molecule has 0 aliphatic heterocycles. The number of nitrogens with one attached hydrogen (secondary N) is 2. The third-order valence-corrected chi connectivity index (χ3v) is 4.62. The molecule has 0 aliphatic rings. The van der Waals surface area contributed by atoms with Gasteiger partial charge < -0.3 is 15.1 Å². The molecule has 0 bridgehead atoms. The van der Waals surface area contributed by atoms with E-state index in [1.807, 2.05) is 6.07 Å². The SMILES string of the molecule is O=C(Nc1ccc(F)cc1F)NC(c1ccccc1)c1nnc(-c2ccc(Cl)cc2)o1. The summed E-state index contributed by atoms with van der Waals surface area (Å²) in [7, 11) is 0. The molecule has 0 saturated heterocycles. The number of carbonyl (C=O) groups is 1. The van der Waals surface area contributed by atoms with Crippen molar-refractivity contribution in [3.05, 3.63) is 101 Å². The first-order valence-electron chi connectivity index (χ1n) is 9.16. The van der Waals surface area contributed by atoms with Crippen molar-refractivity contribution >= 4 is 23.3 Å².